The first-order valence-corrected chi connectivity index (χ1v) is 11.6. The van der Waals surface area contributed by atoms with Gasteiger partial charge in [-0.3, -0.25) is 19.5 Å². The van der Waals surface area contributed by atoms with E-state index >= 15 is 0 Å². The molecule has 1 aliphatic rings. The van der Waals surface area contributed by atoms with Gasteiger partial charge < -0.3 is 9.73 Å². The van der Waals surface area contributed by atoms with Crippen molar-refractivity contribution >= 4 is 11.7 Å². The number of aromatic nitrogens is 1. The molecule has 1 aromatic carbocycles. The maximum absolute atomic E-state index is 12.9. The summed E-state index contributed by atoms with van der Waals surface area (Å²) in [5, 5.41) is 3.00. The fourth-order valence-corrected chi connectivity index (χ4v) is 4.56. The Hall–Kier alpha value is -3.25. The summed E-state index contributed by atoms with van der Waals surface area (Å²) in [6.45, 7) is 9.94. The van der Waals surface area contributed by atoms with Gasteiger partial charge in [0.15, 0.2) is 11.5 Å². The lowest BCUT2D eigenvalue weighted by Crippen LogP contribution is -2.42. The van der Waals surface area contributed by atoms with Crippen molar-refractivity contribution in [3.05, 3.63) is 65.7 Å². The van der Waals surface area contributed by atoms with Gasteiger partial charge >= 0.3 is 0 Å². The van der Waals surface area contributed by atoms with Gasteiger partial charge in [0, 0.05) is 60.7 Å². The van der Waals surface area contributed by atoms with Crippen LogP contribution in [-0.2, 0) is 6.42 Å². The van der Waals surface area contributed by atoms with Crippen LogP contribution in [0.2, 0.25) is 0 Å². The van der Waals surface area contributed by atoms with E-state index in [-0.39, 0.29) is 17.5 Å². The number of hydrogen-bond acceptors (Lipinski definition) is 5. The molecule has 6 heteroatoms. The molecular formula is C27H31N3O3. The fraction of sp³-hybridized carbons (Fsp3) is 0.370. The number of rotatable bonds is 8. The number of aryl methyl sites for hydroxylation is 1. The molecule has 1 N–H and O–H groups in total. The summed E-state index contributed by atoms with van der Waals surface area (Å²) < 4.78 is 6.13. The highest BCUT2D eigenvalue weighted by Crippen LogP contribution is 2.37. The Morgan fingerprint density at radius 1 is 1.00 bits per heavy atom. The third-order valence-corrected chi connectivity index (χ3v) is 6.22. The maximum atomic E-state index is 12.9. The minimum Gasteiger partial charge on any atom is -0.450 e. The predicted octanol–water partition coefficient (Wildman–Crippen LogP) is 4.99. The SMILES string of the molecule is CC(C)N(CCNC(=O)c1cc(-c2ccncc2)c(-c2ccc3c(c2)CCC3=O)o1)C(C)C. The number of carbonyl (C=O) groups excluding carboxylic acids is 2. The number of fused-ring (bicyclic) bond motifs is 1. The van der Waals surface area contributed by atoms with Crippen LogP contribution in [0.25, 0.3) is 22.5 Å². The van der Waals surface area contributed by atoms with Crippen molar-refractivity contribution in [2.24, 2.45) is 0 Å². The van der Waals surface area contributed by atoms with Gasteiger partial charge in [0.1, 0.15) is 5.76 Å². The van der Waals surface area contributed by atoms with E-state index < -0.39 is 0 Å². The van der Waals surface area contributed by atoms with Crippen LogP contribution in [0, 0.1) is 0 Å². The largest absolute Gasteiger partial charge is 0.450 e. The Morgan fingerprint density at radius 2 is 1.73 bits per heavy atom. The third kappa shape index (κ3) is 4.91. The second-order valence-corrected chi connectivity index (χ2v) is 9.07. The van der Waals surface area contributed by atoms with Gasteiger partial charge in [0.2, 0.25) is 0 Å². The monoisotopic (exact) mass is 445 g/mol. The molecule has 1 amide bonds. The first kappa shape index (κ1) is 22.9. The van der Waals surface area contributed by atoms with Crippen molar-refractivity contribution in [3.8, 4) is 22.5 Å². The zero-order valence-corrected chi connectivity index (χ0v) is 19.7. The summed E-state index contributed by atoms with van der Waals surface area (Å²) in [7, 11) is 0. The minimum atomic E-state index is -0.236. The highest BCUT2D eigenvalue weighted by Gasteiger charge is 2.23. The first-order chi connectivity index (χ1) is 15.8. The summed E-state index contributed by atoms with van der Waals surface area (Å²) >= 11 is 0. The number of hydrogen-bond donors (Lipinski definition) is 1. The molecule has 0 saturated heterocycles. The van der Waals surface area contributed by atoms with E-state index in [0.29, 0.717) is 30.8 Å². The molecule has 1 aliphatic carbocycles. The fourth-order valence-electron chi connectivity index (χ4n) is 4.56. The number of Topliss-reactive ketones (excluding diaryl/α,β-unsaturated/α-hetero) is 1. The lowest BCUT2D eigenvalue weighted by atomic mass is 9.99. The van der Waals surface area contributed by atoms with E-state index in [4.69, 9.17) is 4.42 Å². The van der Waals surface area contributed by atoms with Gasteiger partial charge in [-0.2, -0.15) is 0 Å². The molecule has 6 nitrogen and oxygen atoms in total. The topological polar surface area (TPSA) is 75.4 Å². The predicted molar refractivity (Wildman–Crippen MR) is 129 cm³/mol. The van der Waals surface area contributed by atoms with Gasteiger partial charge in [0.25, 0.3) is 5.91 Å². The summed E-state index contributed by atoms with van der Waals surface area (Å²) in [4.78, 5) is 31.4. The van der Waals surface area contributed by atoms with Crippen LogP contribution >= 0.6 is 0 Å². The Bertz CT molecular complexity index is 1140. The number of furan rings is 1. The number of pyridine rings is 1. The van der Waals surface area contributed by atoms with Crippen molar-refractivity contribution in [1.29, 1.82) is 0 Å². The Labute approximate surface area is 195 Å². The van der Waals surface area contributed by atoms with Crippen molar-refractivity contribution in [1.82, 2.24) is 15.2 Å². The molecule has 0 unspecified atom stereocenters. The Balaban J connectivity index is 1.61. The molecule has 0 bridgehead atoms. The molecule has 0 fully saturated rings. The van der Waals surface area contributed by atoms with E-state index in [2.05, 4.69) is 42.9 Å². The summed E-state index contributed by atoms with van der Waals surface area (Å²) in [5.41, 5.74) is 4.43. The first-order valence-electron chi connectivity index (χ1n) is 11.6. The molecule has 0 radical (unpaired) electrons. The van der Waals surface area contributed by atoms with E-state index in [9.17, 15) is 9.59 Å². The highest BCUT2D eigenvalue weighted by atomic mass is 16.4. The van der Waals surface area contributed by atoms with Crippen molar-refractivity contribution in [2.75, 3.05) is 13.1 Å². The molecule has 2 heterocycles. The molecule has 33 heavy (non-hydrogen) atoms. The number of nitrogens with zero attached hydrogens (tertiary/aromatic N) is 2. The Morgan fingerprint density at radius 3 is 2.42 bits per heavy atom. The van der Waals surface area contributed by atoms with Crippen LogP contribution in [0.1, 0.15) is 60.6 Å². The lowest BCUT2D eigenvalue weighted by molar-refractivity contribution is 0.0912. The number of carbonyl (C=O) groups is 2. The number of nitrogens with one attached hydrogen (secondary N) is 1. The number of ketones is 1. The van der Waals surface area contributed by atoms with E-state index in [0.717, 1.165) is 40.8 Å². The van der Waals surface area contributed by atoms with Gasteiger partial charge in [-0.1, -0.05) is 12.1 Å². The molecular weight excluding hydrogens is 414 g/mol. The maximum Gasteiger partial charge on any atom is 0.287 e. The summed E-state index contributed by atoms with van der Waals surface area (Å²) in [6, 6.07) is 12.2. The highest BCUT2D eigenvalue weighted by molar-refractivity contribution is 6.01. The second kappa shape index (κ2) is 9.71. The van der Waals surface area contributed by atoms with Gasteiger partial charge in [-0.05, 0) is 69.5 Å². The zero-order chi connectivity index (χ0) is 23.5. The van der Waals surface area contributed by atoms with Crippen LogP contribution < -0.4 is 5.32 Å². The van der Waals surface area contributed by atoms with Crippen LogP contribution in [0.3, 0.4) is 0 Å². The normalized spacial score (nSPS) is 13.2. The smallest absolute Gasteiger partial charge is 0.287 e. The lowest BCUT2D eigenvalue weighted by Gasteiger charge is -2.30. The van der Waals surface area contributed by atoms with Crippen molar-refractivity contribution in [3.63, 3.8) is 0 Å². The second-order valence-electron chi connectivity index (χ2n) is 9.07. The number of benzene rings is 1. The Kier molecular flexibility index (Phi) is 6.75. The molecule has 3 aromatic rings. The van der Waals surface area contributed by atoms with E-state index in [1.54, 1.807) is 18.5 Å². The van der Waals surface area contributed by atoms with Crippen molar-refractivity contribution in [2.45, 2.75) is 52.6 Å². The van der Waals surface area contributed by atoms with Crippen LogP contribution in [0.5, 0.6) is 0 Å². The van der Waals surface area contributed by atoms with Gasteiger partial charge in [0.05, 0.1) is 0 Å². The molecule has 0 saturated carbocycles. The van der Waals surface area contributed by atoms with Gasteiger partial charge in [-0.15, -0.1) is 0 Å². The molecule has 0 spiro atoms. The van der Waals surface area contributed by atoms with Crippen LogP contribution in [0.4, 0.5) is 0 Å². The van der Waals surface area contributed by atoms with Gasteiger partial charge in [-0.25, -0.2) is 0 Å². The third-order valence-electron chi connectivity index (χ3n) is 6.22. The molecule has 4 rings (SSSR count). The minimum absolute atomic E-state index is 0.183. The molecule has 0 atom stereocenters. The molecule has 2 aromatic heterocycles. The average Bonchev–Trinajstić information content (AvgIpc) is 3.41. The zero-order valence-electron chi connectivity index (χ0n) is 19.7. The van der Waals surface area contributed by atoms with Crippen LogP contribution in [-0.4, -0.2) is 46.7 Å². The standard InChI is InChI=1S/C27H31N3O3/c1-17(2)30(18(3)4)14-13-29-27(32)25-16-23(19-9-11-28-12-10-19)26(33-25)21-5-7-22-20(15-21)6-8-24(22)31/h5,7,9-12,15-18H,6,8,13-14H2,1-4H3,(H,29,32). The van der Waals surface area contributed by atoms with Crippen LogP contribution in [0.15, 0.2) is 53.2 Å². The molecule has 0 aliphatic heterocycles. The summed E-state index contributed by atoms with van der Waals surface area (Å²) in [6.07, 6.45) is 4.73. The van der Waals surface area contributed by atoms with Crippen molar-refractivity contribution < 1.29 is 14.0 Å². The average molecular weight is 446 g/mol. The van der Waals surface area contributed by atoms with E-state index in [1.165, 1.54) is 0 Å². The van der Waals surface area contributed by atoms with E-state index in [1.807, 2.05) is 30.3 Å². The number of amides is 1. The quantitative estimate of drug-likeness (QED) is 0.529. The summed E-state index contributed by atoms with van der Waals surface area (Å²) in [5.74, 6) is 0.844. The molecule has 172 valence electrons.